The van der Waals surface area contributed by atoms with Crippen molar-refractivity contribution in [3.05, 3.63) is 71.8 Å². The van der Waals surface area contributed by atoms with E-state index in [1.807, 2.05) is 13.8 Å². The van der Waals surface area contributed by atoms with Crippen molar-refractivity contribution in [2.45, 2.75) is 39.2 Å². The number of aliphatic hydroxyl groups excluding tert-OH is 2. The van der Waals surface area contributed by atoms with Crippen LogP contribution in [0.15, 0.2) is 60.7 Å². The van der Waals surface area contributed by atoms with Crippen LogP contribution in [0.5, 0.6) is 0 Å². The molecule has 0 saturated heterocycles. The molecule has 0 aliphatic carbocycles. The number of aliphatic hydroxyl groups is 2. The van der Waals surface area contributed by atoms with Gasteiger partial charge in [0.15, 0.2) is 0 Å². The molecule has 0 radical (unpaired) electrons. The van der Waals surface area contributed by atoms with Gasteiger partial charge in [-0.1, -0.05) is 68.8 Å². The fourth-order valence-corrected chi connectivity index (χ4v) is 2.35. The standard InChI is InChI=1S/C8H6O3.C8H18O2.C7H6O2/c9-7(8(10)11)6-4-2-1-3-5-6;1-3-5-8(10)7(4-2)6-9;8-7(9)6-4-2-1-3-5-6/h1-5H,(H,10,11);7-10H,3-6H2,1-2H3;1-5H,(H,8,9). The van der Waals surface area contributed by atoms with Gasteiger partial charge >= 0.3 is 11.9 Å². The number of aliphatic carboxylic acids is 1. The minimum atomic E-state index is -1.42. The molecule has 2 atom stereocenters. The van der Waals surface area contributed by atoms with Crippen LogP contribution >= 0.6 is 0 Å². The van der Waals surface area contributed by atoms with Gasteiger partial charge < -0.3 is 20.4 Å². The van der Waals surface area contributed by atoms with E-state index in [2.05, 4.69) is 0 Å². The van der Waals surface area contributed by atoms with Crippen molar-refractivity contribution in [2.24, 2.45) is 5.92 Å². The number of hydrogen-bond donors (Lipinski definition) is 4. The molecule has 2 aromatic rings. The Labute approximate surface area is 176 Å². The van der Waals surface area contributed by atoms with E-state index in [9.17, 15) is 19.5 Å². The number of hydrogen-bond acceptors (Lipinski definition) is 5. The normalized spacial score (nSPS) is 11.6. The van der Waals surface area contributed by atoms with Gasteiger partial charge in [0.1, 0.15) is 0 Å². The monoisotopic (exact) mass is 418 g/mol. The van der Waals surface area contributed by atoms with Crippen molar-refractivity contribution in [3.8, 4) is 0 Å². The Bertz CT molecular complexity index is 741. The summed E-state index contributed by atoms with van der Waals surface area (Å²) in [5.74, 6) is -3.09. The molecular formula is C23H30O7. The van der Waals surface area contributed by atoms with E-state index in [-0.39, 0.29) is 24.2 Å². The second-order valence-electron chi connectivity index (χ2n) is 6.38. The Hall–Kier alpha value is -3.03. The van der Waals surface area contributed by atoms with Crippen LogP contribution in [0.4, 0.5) is 0 Å². The number of ketones is 1. The zero-order valence-electron chi connectivity index (χ0n) is 17.3. The smallest absolute Gasteiger partial charge is 0.377 e. The van der Waals surface area contributed by atoms with E-state index >= 15 is 0 Å². The largest absolute Gasteiger partial charge is 0.478 e. The van der Waals surface area contributed by atoms with Crippen LogP contribution in [0.2, 0.25) is 0 Å². The molecule has 7 heteroatoms. The second kappa shape index (κ2) is 15.8. The summed E-state index contributed by atoms with van der Waals surface area (Å²) in [4.78, 5) is 31.1. The maximum Gasteiger partial charge on any atom is 0.377 e. The van der Waals surface area contributed by atoms with E-state index in [4.69, 9.17) is 15.3 Å². The van der Waals surface area contributed by atoms with E-state index < -0.39 is 17.7 Å². The van der Waals surface area contributed by atoms with E-state index in [0.29, 0.717) is 5.56 Å². The van der Waals surface area contributed by atoms with Gasteiger partial charge in [-0.05, 0) is 25.0 Å². The summed E-state index contributed by atoms with van der Waals surface area (Å²) in [6.45, 7) is 4.13. The molecule has 164 valence electrons. The third-order valence-corrected chi connectivity index (χ3v) is 4.14. The third-order valence-electron chi connectivity index (χ3n) is 4.14. The predicted octanol–water partition coefficient (Wildman–Crippen LogP) is 3.50. The van der Waals surface area contributed by atoms with Crippen LogP contribution in [0, 0.1) is 5.92 Å². The number of aromatic carboxylic acids is 1. The number of benzene rings is 2. The number of rotatable bonds is 8. The summed E-state index contributed by atoms with van der Waals surface area (Å²) in [6, 6.07) is 16.2. The van der Waals surface area contributed by atoms with Gasteiger partial charge in [0.25, 0.3) is 5.78 Å². The first-order valence-corrected chi connectivity index (χ1v) is 9.68. The van der Waals surface area contributed by atoms with Crippen LogP contribution < -0.4 is 0 Å². The molecule has 2 aromatic carbocycles. The Balaban J connectivity index is 0.000000423. The van der Waals surface area contributed by atoms with E-state index in [1.54, 1.807) is 48.5 Å². The van der Waals surface area contributed by atoms with Crippen LogP contribution in [0.1, 0.15) is 53.8 Å². The van der Waals surface area contributed by atoms with Gasteiger partial charge in [-0.2, -0.15) is 0 Å². The zero-order valence-corrected chi connectivity index (χ0v) is 17.3. The quantitative estimate of drug-likeness (QED) is 0.381. The predicted molar refractivity (Wildman–Crippen MR) is 114 cm³/mol. The Morgan fingerprint density at radius 3 is 1.60 bits per heavy atom. The highest BCUT2D eigenvalue weighted by Crippen LogP contribution is 2.12. The maximum atomic E-state index is 10.7. The Morgan fingerprint density at radius 1 is 0.833 bits per heavy atom. The topological polar surface area (TPSA) is 132 Å². The second-order valence-corrected chi connectivity index (χ2v) is 6.38. The molecule has 0 spiro atoms. The number of carboxylic acids is 2. The Kier molecular flexibility index (Phi) is 14.2. The SMILES string of the molecule is CCCC(O)C(CC)CO.O=C(O)C(=O)c1ccccc1.O=C(O)c1ccccc1. The van der Waals surface area contributed by atoms with Crippen LogP contribution in [-0.2, 0) is 4.79 Å². The van der Waals surface area contributed by atoms with Crippen molar-refractivity contribution in [3.63, 3.8) is 0 Å². The summed E-state index contributed by atoms with van der Waals surface area (Å²) in [5.41, 5.74) is 0.539. The molecule has 30 heavy (non-hydrogen) atoms. The van der Waals surface area contributed by atoms with Crippen molar-refractivity contribution in [1.29, 1.82) is 0 Å². The van der Waals surface area contributed by atoms with E-state index in [1.165, 1.54) is 12.1 Å². The Morgan fingerprint density at radius 2 is 1.30 bits per heavy atom. The first-order chi connectivity index (χ1) is 14.3. The number of Topliss-reactive ketones (excluding diaryl/α,β-unsaturated/α-hetero) is 1. The lowest BCUT2D eigenvalue weighted by molar-refractivity contribution is -0.131. The minimum Gasteiger partial charge on any atom is -0.478 e. The molecule has 0 fully saturated rings. The third kappa shape index (κ3) is 11.1. The average Bonchev–Trinajstić information content (AvgIpc) is 2.76. The fourth-order valence-electron chi connectivity index (χ4n) is 2.35. The molecule has 0 aliphatic heterocycles. The number of carboxylic acid groups (broad SMARTS) is 2. The number of carbonyl (C=O) groups is 3. The first kappa shape index (κ1) is 27.0. The molecule has 0 heterocycles. The molecule has 0 aromatic heterocycles. The lowest BCUT2D eigenvalue weighted by atomic mass is 9.97. The van der Waals surface area contributed by atoms with Crippen molar-refractivity contribution >= 4 is 17.7 Å². The van der Waals surface area contributed by atoms with Crippen LogP contribution in [0.25, 0.3) is 0 Å². The van der Waals surface area contributed by atoms with Gasteiger partial charge in [0.2, 0.25) is 0 Å². The molecule has 0 amide bonds. The van der Waals surface area contributed by atoms with Gasteiger partial charge in [-0.3, -0.25) is 4.79 Å². The first-order valence-electron chi connectivity index (χ1n) is 9.68. The van der Waals surface area contributed by atoms with Crippen molar-refractivity contribution in [1.82, 2.24) is 0 Å². The molecule has 7 nitrogen and oxygen atoms in total. The highest BCUT2D eigenvalue weighted by atomic mass is 16.4. The van der Waals surface area contributed by atoms with Crippen LogP contribution in [0.3, 0.4) is 0 Å². The zero-order chi connectivity index (χ0) is 22.9. The average molecular weight is 418 g/mol. The van der Waals surface area contributed by atoms with Gasteiger partial charge in [0, 0.05) is 18.1 Å². The molecular weight excluding hydrogens is 388 g/mol. The molecule has 2 rings (SSSR count). The summed E-state index contributed by atoms with van der Waals surface area (Å²) in [6.07, 6.45) is 2.34. The van der Waals surface area contributed by atoms with Crippen molar-refractivity contribution < 1.29 is 34.8 Å². The summed E-state index contributed by atoms with van der Waals surface area (Å²) < 4.78 is 0. The van der Waals surface area contributed by atoms with Gasteiger partial charge in [0.05, 0.1) is 11.7 Å². The molecule has 2 unspecified atom stereocenters. The molecule has 0 saturated carbocycles. The van der Waals surface area contributed by atoms with E-state index in [0.717, 1.165) is 19.3 Å². The maximum absolute atomic E-state index is 10.7. The number of carbonyl (C=O) groups excluding carboxylic acids is 1. The summed E-state index contributed by atoms with van der Waals surface area (Å²) in [5, 5.41) is 34.8. The summed E-state index contributed by atoms with van der Waals surface area (Å²) >= 11 is 0. The van der Waals surface area contributed by atoms with Crippen LogP contribution in [-0.4, -0.2) is 50.9 Å². The van der Waals surface area contributed by atoms with Gasteiger partial charge in [-0.25, -0.2) is 9.59 Å². The van der Waals surface area contributed by atoms with Crippen molar-refractivity contribution in [2.75, 3.05) is 6.61 Å². The lowest BCUT2D eigenvalue weighted by Gasteiger charge is -2.17. The highest BCUT2D eigenvalue weighted by molar-refractivity contribution is 6.39. The van der Waals surface area contributed by atoms with Gasteiger partial charge in [-0.15, -0.1) is 0 Å². The lowest BCUT2D eigenvalue weighted by Crippen LogP contribution is -2.22. The summed E-state index contributed by atoms with van der Waals surface area (Å²) in [7, 11) is 0. The highest BCUT2D eigenvalue weighted by Gasteiger charge is 2.14. The fraction of sp³-hybridized carbons (Fsp3) is 0.348. The molecule has 4 N–H and O–H groups in total. The molecule has 0 aliphatic rings. The molecule has 0 bridgehead atoms. The minimum absolute atomic E-state index is 0.0833.